The summed E-state index contributed by atoms with van der Waals surface area (Å²) in [6.07, 6.45) is -0.679. The smallest absolute Gasteiger partial charge is 0.129 e. The first-order valence-electron chi connectivity index (χ1n) is 8.95. The quantitative estimate of drug-likeness (QED) is 0.405. The van der Waals surface area contributed by atoms with E-state index in [-0.39, 0.29) is 0 Å². The van der Waals surface area contributed by atoms with E-state index in [0.717, 1.165) is 27.5 Å². The van der Waals surface area contributed by atoms with E-state index < -0.39 is 6.17 Å². The monoisotopic (exact) mass is 351 g/mol. The van der Waals surface area contributed by atoms with Crippen molar-refractivity contribution in [2.45, 2.75) is 12.6 Å². The summed E-state index contributed by atoms with van der Waals surface area (Å²) in [4.78, 5) is 0. The van der Waals surface area contributed by atoms with Gasteiger partial charge in [-0.05, 0) is 51.2 Å². The van der Waals surface area contributed by atoms with E-state index in [9.17, 15) is 4.39 Å². The lowest BCUT2D eigenvalue weighted by Crippen LogP contribution is -1.97. The maximum absolute atomic E-state index is 14.8. The molecule has 130 valence electrons. The number of halogens is 1. The Kier molecular flexibility index (Phi) is 4.68. The lowest BCUT2D eigenvalue weighted by Gasteiger charge is -2.11. The van der Waals surface area contributed by atoms with Crippen molar-refractivity contribution in [2.75, 3.05) is 0 Å². The zero-order valence-corrected chi connectivity index (χ0v) is 14.8. The van der Waals surface area contributed by atoms with E-state index in [4.69, 9.17) is 5.26 Å². The van der Waals surface area contributed by atoms with Crippen LogP contribution >= 0.6 is 0 Å². The van der Waals surface area contributed by atoms with Gasteiger partial charge >= 0.3 is 0 Å². The van der Waals surface area contributed by atoms with Crippen molar-refractivity contribution in [3.63, 3.8) is 0 Å². The first-order chi connectivity index (χ1) is 13.2. The lowest BCUT2D eigenvalue weighted by atomic mass is 9.97. The fourth-order valence-corrected chi connectivity index (χ4v) is 3.30. The van der Waals surface area contributed by atoms with E-state index in [1.807, 2.05) is 78.9 Å². The van der Waals surface area contributed by atoms with Gasteiger partial charge in [-0.1, -0.05) is 72.8 Å². The van der Waals surface area contributed by atoms with Gasteiger partial charge < -0.3 is 0 Å². The van der Waals surface area contributed by atoms with Gasteiger partial charge in [-0.15, -0.1) is 0 Å². The summed E-state index contributed by atoms with van der Waals surface area (Å²) in [7, 11) is 0. The second-order valence-corrected chi connectivity index (χ2v) is 6.66. The molecule has 27 heavy (non-hydrogen) atoms. The van der Waals surface area contributed by atoms with Crippen molar-refractivity contribution in [3.8, 4) is 17.2 Å². The third-order valence-corrected chi connectivity index (χ3v) is 4.85. The third kappa shape index (κ3) is 3.73. The standard InChI is InChI=1S/C25H18FN/c26-25(24-14-13-20-3-1-2-4-23(20)16-24)15-18-5-9-21(10-6-18)22-11-7-19(17-27)8-12-22/h1-14,16,25H,15H2. The molecule has 1 nitrogen and oxygen atoms in total. The third-order valence-electron chi connectivity index (χ3n) is 4.85. The highest BCUT2D eigenvalue weighted by Crippen LogP contribution is 2.27. The second kappa shape index (κ2) is 7.43. The number of nitrogens with zero attached hydrogens (tertiary/aromatic N) is 1. The Hall–Kier alpha value is -3.44. The molecular weight excluding hydrogens is 333 g/mol. The second-order valence-electron chi connectivity index (χ2n) is 6.66. The molecule has 0 radical (unpaired) electrons. The topological polar surface area (TPSA) is 23.8 Å². The Morgan fingerprint density at radius 1 is 0.741 bits per heavy atom. The molecule has 0 fully saturated rings. The minimum atomic E-state index is -1.03. The summed E-state index contributed by atoms with van der Waals surface area (Å²) in [6.45, 7) is 0. The summed E-state index contributed by atoms with van der Waals surface area (Å²) < 4.78 is 14.8. The van der Waals surface area contributed by atoms with Gasteiger partial charge in [0, 0.05) is 6.42 Å². The average molecular weight is 351 g/mol. The van der Waals surface area contributed by atoms with Crippen LogP contribution in [0.4, 0.5) is 4.39 Å². The predicted molar refractivity (Wildman–Crippen MR) is 108 cm³/mol. The maximum Gasteiger partial charge on any atom is 0.129 e. The first kappa shape index (κ1) is 17.0. The predicted octanol–water partition coefficient (Wildman–Crippen LogP) is 6.63. The number of alkyl halides is 1. The Balaban J connectivity index is 1.50. The largest absolute Gasteiger partial charge is 0.242 e. The molecule has 4 rings (SSSR count). The minimum Gasteiger partial charge on any atom is -0.242 e. The fraction of sp³-hybridized carbons (Fsp3) is 0.0800. The molecule has 0 aromatic heterocycles. The number of fused-ring (bicyclic) bond motifs is 1. The van der Waals surface area contributed by atoms with Crippen LogP contribution in [0.1, 0.15) is 22.9 Å². The van der Waals surface area contributed by atoms with Crippen molar-refractivity contribution in [1.29, 1.82) is 5.26 Å². The molecule has 0 aliphatic carbocycles. The van der Waals surface area contributed by atoms with Crippen LogP contribution in [0.3, 0.4) is 0 Å². The fourth-order valence-electron chi connectivity index (χ4n) is 3.30. The van der Waals surface area contributed by atoms with Gasteiger partial charge in [0.25, 0.3) is 0 Å². The molecule has 2 heteroatoms. The summed E-state index contributed by atoms with van der Waals surface area (Å²) in [6, 6.07) is 31.3. The lowest BCUT2D eigenvalue weighted by molar-refractivity contribution is 0.342. The van der Waals surface area contributed by atoms with E-state index in [2.05, 4.69) is 6.07 Å². The molecule has 0 aliphatic heterocycles. The molecule has 0 amide bonds. The van der Waals surface area contributed by atoms with Crippen molar-refractivity contribution < 1.29 is 4.39 Å². The Morgan fingerprint density at radius 3 is 2.04 bits per heavy atom. The van der Waals surface area contributed by atoms with Crippen LogP contribution in [-0.4, -0.2) is 0 Å². The molecule has 0 saturated carbocycles. The molecule has 1 unspecified atom stereocenters. The Labute approximate surface area is 158 Å². The van der Waals surface area contributed by atoms with Gasteiger partial charge in [0.2, 0.25) is 0 Å². The molecule has 0 N–H and O–H groups in total. The molecule has 4 aromatic carbocycles. The highest BCUT2D eigenvalue weighted by atomic mass is 19.1. The van der Waals surface area contributed by atoms with Crippen LogP contribution < -0.4 is 0 Å². The highest BCUT2D eigenvalue weighted by Gasteiger charge is 2.11. The number of hydrogen-bond acceptors (Lipinski definition) is 1. The van der Waals surface area contributed by atoms with Crippen molar-refractivity contribution in [1.82, 2.24) is 0 Å². The van der Waals surface area contributed by atoms with E-state index >= 15 is 0 Å². The Bertz CT molecular complexity index is 1110. The van der Waals surface area contributed by atoms with Crippen LogP contribution in [-0.2, 0) is 6.42 Å². The number of rotatable bonds is 4. The summed E-state index contributed by atoms with van der Waals surface area (Å²) >= 11 is 0. The van der Waals surface area contributed by atoms with Crippen molar-refractivity contribution in [2.24, 2.45) is 0 Å². The van der Waals surface area contributed by atoms with Crippen LogP contribution in [0.15, 0.2) is 91.0 Å². The van der Waals surface area contributed by atoms with E-state index in [1.54, 1.807) is 12.1 Å². The van der Waals surface area contributed by atoms with Crippen molar-refractivity contribution in [3.05, 3.63) is 108 Å². The highest BCUT2D eigenvalue weighted by molar-refractivity contribution is 5.83. The zero-order valence-electron chi connectivity index (χ0n) is 14.8. The summed E-state index contributed by atoms with van der Waals surface area (Å²) in [5.74, 6) is 0. The Morgan fingerprint density at radius 2 is 1.37 bits per heavy atom. The van der Waals surface area contributed by atoms with Crippen LogP contribution in [0, 0.1) is 11.3 Å². The minimum absolute atomic E-state index is 0.353. The van der Waals surface area contributed by atoms with E-state index in [0.29, 0.717) is 17.5 Å². The maximum atomic E-state index is 14.8. The molecule has 0 saturated heterocycles. The van der Waals surface area contributed by atoms with Crippen LogP contribution in [0.25, 0.3) is 21.9 Å². The molecule has 0 spiro atoms. The molecular formula is C25H18FN. The van der Waals surface area contributed by atoms with Gasteiger partial charge in [-0.25, -0.2) is 4.39 Å². The summed E-state index contributed by atoms with van der Waals surface area (Å²) in [5.41, 5.74) is 4.43. The average Bonchev–Trinajstić information content (AvgIpc) is 2.74. The number of benzene rings is 4. The van der Waals surface area contributed by atoms with Gasteiger partial charge in [0.15, 0.2) is 0 Å². The zero-order chi connectivity index (χ0) is 18.6. The molecule has 1 atom stereocenters. The number of nitriles is 1. The number of hydrogen-bond donors (Lipinski definition) is 0. The van der Waals surface area contributed by atoms with Crippen LogP contribution in [0.5, 0.6) is 0 Å². The SMILES string of the molecule is N#Cc1ccc(-c2ccc(CC(F)c3ccc4ccccc4c3)cc2)cc1. The normalized spacial score (nSPS) is 11.9. The summed E-state index contributed by atoms with van der Waals surface area (Å²) in [5, 5.41) is 11.1. The van der Waals surface area contributed by atoms with Crippen molar-refractivity contribution >= 4 is 10.8 Å². The van der Waals surface area contributed by atoms with Gasteiger partial charge in [-0.2, -0.15) is 5.26 Å². The van der Waals surface area contributed by atoms with Crippen LogP contribution in [0.2, 0.25) is 0 Å². The molecule has 0 aliphatic rings. The molecule has 0 bridgehead atoms. The van der Waals surface area contributed by atoms with Gasteiger partial charge in [0.05, 0.1) is 11.6 Å². The molecule has 0 heterocycles. The first-order valence-corrected chi connectivity index (χ1v) is 8.95. The van der Waals surface area contributed by atoms with Gasteiger partial charge in [0.1, 0.15) is 6.17 Å². The molecule has 4 aromatic rings. The van der Waals surface area contributed by atoms with E-state index in [1.165, 1.54) is 0 Å². The van der Waals surface area contributed by atoms with Gasteiger partial charge in [-0.3, -0.25) is 0 Å².